The second-order valence-corrected chi connectivity index (χ2v) is 7.48. The SMILES string of the molecule is CCn1c(CC(=O)Nc2cccc(OC)c2)nnc1SCC(=O)c1ccc(OC)cc1. The van der Waals surface area contributed by atoms with E-state index in [2.05, 4.69) is 15.5 Å². The van der Waals surface area contributed by atoms with Crippen molar-refractivity contribution in [2.75, 3.05) is 25.3 Å². The third-order valence-corrected chi connectivity index (χ3v) is 5.49. The van der Waals surface area contributed by atoms with Crippen LogP contribution in [-0.2, 0) is 17.8 Å². The number of benzene rings is 2. The smallest absolute Gasteiger partial charge is 0.232 e. The molecule has 9 heteroatoms. The molecule has 0 unspecified atom stereocenters. The number of Topliss-reactive ketones (excluding diaryl/α,β-unsaturated/α-hetero) is 1. The van der Waals surface area contributed by atoms with Gasteiger partial charge in [-0.2, -0.15) is 0 Å². The van der Waals surface area contributed by atoms with Gasteiger partial charge in [-0.1, -0.05) is 17.8 Å². The largest absolute Gasteiger partial charge is 0.497 e. The van der Waals surface area contributed by atoms with E-state index in [1.807, 2.05) is 11.5 Å². The summed E-state index contributed by atoms with van der Waals surface area (Å²) in [6.45, 7) is 2.54. The Morgan fingerprint density at radius 1 is 1.03 bits per heavy atom. The minimum atomic E-state index is -0.207. The Labute approximate surface area is 185 Å². The standard InChI is InChI=1S/C22H24N4O4S/c1-4-26-20(13-21(28)23-16-6-5-7-18(12-16)30-3)24-25-22(26)31-14-19(27)15-8-10-17(29-2)11-9-15/h5-12H,4,13-14H2,1-3H3,(H,23,28). The van der Waals surface area contributed by atoms with E-state index < -0.39 is 0 Å². The molecule has 0 bridgehead atoms. The summed E-state index contributed by atoms with van der Waals surface area (Å²) in [7, 11) is 3.15. The lowest BCUT2D eigenvalue weighted by molar-refractivity contribution is -0.115. The fourth-order valence-corrected chi connectivity index (χ4v) is 3.83. The van der Waals surface area contributed by atoms with Gasteiger partial charge in [0.05, 0.1) is 26.4 Å². The Balaban J connectivity index is 1.61. The Kier molecular flexibility index (Phi) is 7.66. The number of thioether (sulfide) groups is 1. The van der Waals surface area contributed by atoms with Crippen LogP contribution in [0.15, 0.2) is 53.7 Å². The average molecular weight is 441 g/mol. The van der Waals surface area contributed by atoms with E-state index in [0.29, 0.717) is 40.3 Å². The van der Waals surface area contributed by atoms with Gasteiger partial charge in [-0.25, -0.2) is 0 Å². The molecule has 1 amide bonds. The van der Waals surface area contributed by atoms with Gasteiger partial charge in [-0.3, -0.25) is 9.59 Å². The van der Waals surface area contributed by atoms with Crippen LogP contribution in [0.4, 0.5) is 5.69 Å². The second kappa shape index (κ2) is 10.6. The quantitative estimate of drug-likeness (QED) is 0.381. The van der Waals surface area contributed by atoms with Crippen LogP contribution in [0.1, 0.15) is 23.1 Å². The zero-order valence-corrected chi connectivity index (χ0v) is 18.4. The van der Waals surface area contributed by atoms with Gasteiger partial charge in [0, 0.05) is 23.9 Å². The Morgan fingerprint density at radius 2 is 1.77 bits per heavy atom. The van der Waals surface area contributed by atoms with E-state index in [9.17, 15) is 9.59 Å². The molecular formula is C22H24N4O4S. The molecule has 0 saturated carbocycles. The van der Waals surface area contributed by atoms with Crippen LogP contribution in [0.25, 0.3) is 0 Å². The van der Waals surface area contributed by atoms with Crippen LogP contribution < -0.4 is 14.8 Å². The monoisotopic (exact) mass is 440 g/mol. The first-order chi connectivity index (χ1) is 15.0. The van der Waals surface area contributed by atoms with E-state index in [1.165, 1.54) is 11.8 Å². The van der Waals surface area contributed by atoms with Crippen molar-refractivity contribution < 1.29 is 19.1 Å². The number of nitrogens with zero attached hydrogens (tertiary/aromatic N) is 3. The molecule has 1 N–H and O–H groups in total. The number of hydrogen-bond donors (Lipinski definition) is 1. The maximum Gasteiger partial charge on any atom is 0.232 e. The highest BCUT2D eigenvalue weighted by Gasteiger charge is 2.17. The van der Waals surface area contributed by atoms with Crippen LogP contribution in [0, 0.1) is 0 Å². The van der Waals surface area contributed by atoms with Crippen molar-refractivity contribution in [3.05, 3.63) is 59.9 Å². The van der Waals surface area contributed by atoms with Gasteiger partial charge >= 0.3 is 0 Å². The number of methoxy groups -OCH3 is 2. The molecule has 1 heterocycles. The first-order valence-corrected chi connectivity index (χ1v) is 10.7. The highest BCUT2D eigenvalue weighted by molar-refractivity contribution is 7.99. The minimum absolute atomic E-state index is 0.0179. The molecule has 2 aromatic carbocycles. The van der Waals surface area contributed by atoms with Crippen LogP contribution >= 0.6 is 11.8 Å². The molecule has 1 aromatic heterocycles. The third kappa shape index (κ3) is 5.85. The minimum Gasteiger partial charge on any atom is -0.497 e. The van der Waals surface area contributed by atoms with Gasteiger partial charge in [-0.05, 0) is 43.3 Å². The van der Waals surface area contributed by atoms with Crippen molar-refractivity contribution >= 4 is 29.1 Å². The molecular weight excluding hydrogens is 416 g/mol. The number of aromatic nitrogens is 3. The van der Waals surface area contributed by atoms with Gasteiger partial charge in [-0.15, -0.1) is 10.2 Å². The highest BCUT2D eigenvalue weighted by Crippen LogP contribution is 2.21. The number of rotatable bonds is 10. The first-order valence-electron chi connectivity index (χ1n) is 9.70. The third-order valence-electron chi connectivity index (χ3n) is 4.53. The number of nitrogens with one attached hydrogen (secondary N) is 1. The summed E-state index contributed by atoms with van der Waals surface area (Å²) in [5.41, 5.74) is 1.25. The molecule has 0 saturated heterocycles. The summed E-state index contributed by atoms with van der Waals surface area (Å²) in [5.74, 6) is 1.90. The van der Waals surface area contributed by atoms with Gasteiger partial charge in [0.2, 0.25) is 5.91 Å². The lowest BCUT2D eigenvalue weighted by Gasteiger charge is -2.09. The van der Waals surface area contributed by atoms with E-state index in [4.69, 9.17) is 9.47 Å². The van der Waals surface area contributed by atoms with Gasteiger partial charge < -0.3 is 19.4 Å². The van der Waals surface area contributed by atoms with Crippen LogP contribution in [0.5, 0.6) is 11.5 Å². The number of anilines is 1. The maximum absolute atomic E-state index is 12.5. The van der Waals surface area contributed by atoms with E-state index in [1.54, 1.807) is 62.8 Å². The second-order valence-electron chi connectivity index (χ2n) is 6.54. The molecule has 0 radical (unpaired) electrons. The number of ether oxygens (including phenoxy) is 2. The van der Waals surface area contributed by atoms with Crippen molar-refractivity contribution in [2.45, 2.75) is 25.0 Å². The van der Waals surface area contributed by atoms with Crippen molar-refractivity contribution in [3.8, 4) is 11.5 Å². The van der Waals surface area contributed by atoms with Crippen molar-refractivity contribution in [1.82, 2.24) is 14.8 Å². The average Bonchev–Trinajstić information content (AvgIpc) is 3.18. The number of ketones is 1. The van der Waals surface area contributed by atoms with E-state index >= 15 is 0 Å². The van der Waals surface area contributed by atoms with Crippen LogP contribution in [0.3, 0.4) is 0 Å². The van der Waals surface area contributed by atoms with Crippen molar-refractivity contribution in [1.29, 1.82) is 0 Å². The van der Waals surface area contributed by atoms with Gasteiger partial charge in [0.15, 0.2) is 10.9 Å². The zero-order chi connectivity index (χ0) is 22.2. The number of carbonyl (C=O) groups excluding carboxylic acids is 2. The lowest BCUT2D eigenvalue weighted by Crippen LogP contribution is -2.17. The molecule has 3 aromatic rings. The summed E-state index contributed by atoms with van der Waals surface area (Å²) in [5, 5.41) is 11.8. The predicted octanol–water partition coefficient (Wildman–Crippen LogP) is 3.47. The fourth-order valence-electron chi connectivity index (χ4n) is 2.91. The summed E-state index contributed by atoms with van der Waals surface area (Å²) >= 11 is 1.30. The zero-order valence-electron chi connectivity index (χ0n) is 17.6. The number of hydrogen-bond acceptors (Lipinski definition) is 7. The molecule has 0 aliphatic rings. The normalized spacial score (nSPS) is 10.5. The number of carbonyl (C=O) groups is 2. The van der Waals surface area contributed by atoms with Crippen LogP contribution in [-0.4, -0.2) is 46.4 Å². The van der Waals surface area contributed by atoms with Crippen LogP contribution in [0.2, 0.25) is 0 Å². The Morgan fingerprint density at radius 3 is 2.45 bits per heavy atom. The summed E-state index contributed by atoms with van der Waals surface area (Å²) in [6, 6.07) is 14.1. The van der Waals surface area contributed by atoms with E-state index in [-0.39, 0.29) is 23.9 Å². The Hall–Kier alpha value is -3.33. The summed E-state index contributed by atoms with van der Waals surface area (Å²) in [6.07, 6.45) is 0.0744. The molecule has 3 rings (SSSR count). The van der Waals surface area contributed by atoms with E-state index in [0.717, 1.165) is 0 Å². The fraction of sp³-hybridized carbons (Fsp3) is 0.273. The number of amides is 1. The van der Waals surface area contributed by atoms with Gasteiger partial charge in [0.25, 0.3) is 0 Å². The molecule has 0 aliphatic heterocycles. The molecule has 8 nitrogen and oxygen atoms in total. The summed E-state index contributed by atoms with van der Waals surface area (Å²) < 4.78 is 12.1. The molecule has 162 valence electrons. The van der Waals surface area contributed by atoms with Gasteiger partial charge in [0.1, 0.15) is 17.3 Å². The summed E-state index contributed by atoms with van der Waals surface area (Å²) in [4.78, 5) is 24.9. The molecule has 0 aliphatic carbocycles. The highest BCUT2D eigenvalue weighted by atomic mass is 32.2. The Bertz CT molecular complexity index is 1050. The molecule has 0 spiro atoms. The van der Waals surface area contributed by atoms with Crippen molar-refractivity contribution in [3.63, 3.8) is 0 Å². The molecule has 0 fully saturated rings. The molecule has 0 atom stereocenters. The topological polar surface area (TPSA) is 95.3 Å². The predicted molar refractivity (Wildman–Crippen MR) is 119 cm³/mol. The lowest BCUT2D eigenvalue weighted by atomic mass is 10.1. The first kappa shape index (κ1) is 22.4. The maximum atomic E-state index is 12.5. The molecule has 31 heavy (non-hydrogen) atoms. The van der Waals surface area contributed by atoms with Crippen molar-refractivity contribution in [2.24, 2.45) is 0 Å².